The standard InChI is InChI=1S/C15H9BrFNO2/c16-12-8-10(5-6-13(12)17)18-14(19)7-9-3-1-2-4-11(9)15(18)20/h1-6,8H,7H2. The molecule has 3 nitrogen and oxygen atoms in total. The van der Waals surface area contributed by atoms with E-state index in [1.807, 2.05) is 0 Å². The highest BCUT2D eigenvalue weighted by atomic mass is 79.9. The molecule has 0 atom stereocenters. The first-order valence-electron chi connectivity index (χ1n) is 5.98. The van der Waals surface area contributed by atoms with E-state index >= 15 is 0 Å². The van der Waals surface area contributed by atoms with Crippen LogP contribution >= 0.6 is 15.9 Å². The fourth-order valence-corrected chi connectivity index (χ4v) is 2.61. The van der Waals surface area contributed by atoms with Crippen LogP contribution in [0.15, 0.2) is 46.9 Å². The molecule has 1 heterocycles. The summed E-state index contributed by atoms with van der Waals surface area (Å²) in [6, 6.07) is 11.1. The number of carbonyl (C=O) groups is 2. The van der Waals surface area contributed by atoms with E-state index in [4.69, 9.17) is 0 Å². The van der Waals surface area contributed by atoms with E-state index in [9.17, 15) is 14.0 Å². The molecule has 0 bridgehead atoms. The lowest BCUT2D eigenvalue weighted by atomic mass is 9.98. The molecule has 2 amide bonds. The van der Waals surface area contributed by atoms with Crippen LogP contribution in [0.25, 0.3) is 0 Å². The van der Waals surface area contributed by atoms with Crippen LogP contribution in [0.4, 0.5) is 10.1 Å². The molecule has 20 heavy (non-hydrogen) atoms. The van der Waals surface area contributed by atoms with Gasteiger partial charge in [-0.3, -0.25) is 9.59 Å². The van der Waals surface area contributed by atoms with Crippen LogP contribution in [0.3, 0.4) is 0 Å². The second kappa shape index (κ2) is 4.83. The van der Waals surface area contributed by atoms with E-state index in [0.29, 0.717) is 11.3 Å². The van der Waals surface area contributed by atoms with Crippen molar-refractivity contribution in [2.24, 2.45) is 0 Å². The largest absolute Gasteiger partial charge is 0.274 e. The zero-order chi connectivity index (χ0) is 14.3. The lowest BCUT2D eigenvalue weighted by Gasteiger charge is -2.26. The highest BCUT2D eigenvalue weighted by molar-refractivity contribution is 9.10. The number of anilines is 1. The van der Waals surface area contributed by atoms with Crippen LogP contribution in [0.1, 0.15) is 15.9 Å². The molecule has 2 aromatic carbocycles. The Morgan fingerprint density at radius 3 is 2.60 bits per heavy atom. The van der Waals surface area contributed by atoms with Gasteiger partial charge >= 0.3 is 0 Å². The highest BCUT2D eigenvalue weighted by Gasteiger charge is 2.31. The van der Waals surface area contributed by atoms with Crippen LogP contribution < -0.4 is 4.90 Å². The van der Waals surface area contributed by atoms with Crippen molar-refractivity contribution in [2.75, 3.05) is 4.90 Å². The predicted molar refractivity (Wildman–Crippen MR) is 76.1 cm³/mol. The second-order valence-electron chi connectivity index (χ2n) is 4.47. The normalized spacial score (nSPS) is 14.4. The molecule has 0 saturated carbocycles. The number of hydrogen-bond donors (Lipinski definition) is 0. The van der Waals surface area contributed by atoms with E-state index in [-0.39, 0.29) is 22.7 Å². The molecule has 0 aromatic heterocycles. The smallest absolute Gasteiger partial charge is 0.265 e. The molecule has 0 radical (unpaired) electrons. The van der Waals surface area contributed by atoms with E-state index in [1.165, 1.54) is 18.2 Å². The summed E-state index contributed by atoms with van der Waals surface area (Å²) in [6.07, 6.45) is 0.164. The van der Waals surface area contributed by atoms with Crippen LogP contribution in [0.5, 0.6) is 0 Å². The molecule has 1 aliphatic rings. The van der Waals surface area contributed by atoms with Crippen molar-refractivity contribution < 1.29 is 14.0 Å². The van der Waals surface area contributed by atoms with Gasteiger partial charge in [-0.15, -0.1) is 0 Å². The average Bonchev–Trinajstić information content (AvgIpc) is 2.43. The Labute approximate surface area is 123 Å². The maximum atomic E-state index is 13.3. The van der Waals surface area contributed by atoms with Crippen molar-refractivity contribution >= 4 is 33.4 Å². The summed E-state index contributed by atoms with van der Waals surface area (Å²) in [4.78, 5) is 25.7. The number of benzene rings is 2. The number of hydrogen-bond acceptors (Lipinski definition) is 2. The molecule has 0 spiro atoms. The third-order valence-electron chi connectivity index (χ3n) is 3.20. The third-order valence-corrected chi connectivity index (χ3v) is 3.81. The summed E-state index contributed by atoms with van der Waals surface area (Å²) in [6.45, 7) is 0. The van der Waals surface area contributed by atoms with Gasteiger partial charge < -0.3 is 0 Å². The third kappa shape index (κ3) is 2.04. The molecule has 5 heteroatoms. The van der Waals surface area contributed by atoms with E-state index < -0.39 is 5.82 Å². The molecule has 100 valence electrons. The molecule has 0 N–H and O–H groups in total. The minimum absolute atomic E-state index is 0.164. The van der Waals surface area contributed by atoms with Crippen LogP contribution in [-0.4, -0.2) is 11.8 Å². The molecule has 2 aromatic rings. The lowest BCUT2D eigenvalue weighted by molar-refractivity contribution is -0.117. The Balaban J connectivity index is 2.08. The zero-order valence-corrected chi connectivity index (χ0v) is 11.9. The van der Waals surface area contributed by atoms with Crippen LogP contribution in [-0.2, 0) is 11.2 Å². The van der Waals surface area contributed by atoms with Gasteiger partial charge in [-0.1, -0.05) is 18.2 Å². The fraction of sp³-hybridized carbons (Fsp3) is 0.0667. The highest BCUT2D eigenvalue weighted by Crippen LogP contribution is 2.28. The van der Waals surface area contributed by atoms with E-state index in [2.05, 4.69) is 15.9 Å². The minimum Gasteiger partial charge on any atom is -0.274 e. The summed E-state index contributed by atoms with van der Waals surface area (Å²) >= 11 is 3.06. The first kappa shape index (κ1) is 13.0. The van der Waals surface area contributed by atoms with Crippen molar-refractivity contribution in [3.63, 3.8) is 0 Å². The number of rotatable bonds is 1. The fourth-order valence-electron chi connectivity index (χ4n) is 2.24. The van der Waals surface area contributed by atoms with Gasteiger partial charge in [0.25, 0.3) is 5.91 Å². The molecule has 0 saturated heterocycles. The van der Waals surface area contributed by atoms with Crippen LogP contribution in [0.2, 0.25) is 0 Å². The molecule has 3 rings (SSSR count). The van der Waals surface area contributed by atoms with Gasteiger partial charge in [0.2, 0.25) is 5.91 Å². The van der Waals surface area contributed by atoms with Gasteiger partial charge in [-0.25, -0.2) is 9.29 Å². The van der Waals surface area contributed by atoms with Crippen molar-refractivity contribution in [2.45, 2.75) is 6.42 Å². The van der Waals surface area contributed by atoms with E-state index in [0.717, 1.165) is 10.5 Å². The molecule has 1 aliphatic heterocycles. The first-order valence-corrected chi connectivity index (χ1v) is 6.77. The number of imide groups is 1. The summed E-state index contributed by atoms with van der Waals surface area (Å²) in [7, 11) is 0. The van der Waals surface area contributed by atoms with Gasteiger partial charge in [0.1, 0.15) is 5.82 Å². The summed E-state index contributed by atoms with van der Waals surface area (Å²) in [5.41, 5.74) is 1.59. The van der Waals surface area contributed by atoms with Gasteiger partial charge in [0.05, 0.1) is 16.6 Å². The Morgan fingerprint density at radius 1 is 1.10 bits per heavy atom. The van der Waals surface area contributed by atoms with Crippen molar-refractivity contribution in [1.82, 2.24) is 0 Å². The van der Waals surface area contributed by atoms with Gasteiger partial charge in [0, 0.05) is 5.56 Å². The quantitative estimate of drug-likeness (QED) is 0.751. The van der Waals surface area contributed by atoms with Crippen molar-refractivity contribution in [3.05, 3.63) is 63.9 Å². The molecule has 0 unspecified atom stereocenters. The van der Waals surface area contributed by atoms with Crippen LogP contribution in [0, 0.1) is 5.82 Å². The van der Waals surface area contributed by atoms with E-state index in [1.54, 1.807) is 24.3 Å². The number of fused-ring (bicyclic) bond motifs is 1. The maximum Gasteiger partial charge on any atom is 0.265 e. The number of halogens is 2. The molecular weight excluding hydrogens is 325 g/mol. The molecule has 0 aliphatic carbocycles. The van der Waals surface area contributed by atoms with Gasteiger partial charge in [-0.2, -0.15) is 0 Å². The summed E-state index contributed by atoms with van der Waals surface area (Å²) < 4.78 is 13.5. The van der Waals surface area contributed by atoms with Crippen molar-refractivity contribution in [3.8, 4) is 0 Å². The lowest BCUT2D eigenvalue weighted by Crippen LogP contribution is -2.42. The second-order valence-corrected chi connectivity index (χ2v) is 5.32. The summed E-state index contributed by atoms with van der Waals surface area (Å²) in [5.74, 6) is -1.13. The monoisotopic (exact) mass is 333 g/mol. The Morgan fingerprint density at radius 2 is 1.85 bits per heavy atom. The summed E-state index contributed by atoms with van der Waals surface area (Å²) in [5, 5.41) is 0. The number of carbonyl (C=O) groups excluding carboxylic acids is 2. The molecule has 0 fully saturated rings. The van der Waals surface area contributed by atoms with Crippen molar-refractivity contribution in [1.29, 1.82) is 0 Å². The van der Waals surface area contributed by atoms with Gasteiger partial charge in [0.15, 0.2) is 0 Å². The SMILES string of the molecule is O=C1Cc2ccccc2C(=O)N1c1ccc(F)c(Br)c1. The number of amides is 2. The minimum atomic E-state index is -0.439. The average molecular weight is 334 g/mol. The Bertz CT molecular complexity index is 730. The number of nitrogens with zero attached hydrogens (tertiary/aromatic N) is 1. The Kier molecular flexibility index (Phi) is 3.14. The zero-order valence-electron chi connectivity index (χ0n) is 10.3. The predicted octanol–water partition coefficient (Wildman–Crippen LogP) is 3.32. The topological polar surface area (TPSA) is 37.4 Å². The Hall–Kier alpha value is -2.01. The maximum absolute atomic E-state index is 13.3. The van der Waals surface area contributed by atoms with Gasteiger partial charge in [-0.05, 0) is 45.8 Å². The molecular formula is C15H9BrFNO2. The first-order chi connectivity index (χ1) is 9.58.